The van der Waals surface area contributed by atoms with E-state index in [9.17, 15) is 14.3 Å². The minimum atomic E-state index is -4.07. The average Bonchev–Trinajstić information content (AvgIpc) is 3.13. The Labute approximate surface area is 165 Å². The van der Waals surface area contributed by atoms with E-state index >= 15 is 0 Å². The van der Waals surface area contributed by atoms with Crippen LogP contribution in [0.5, 0.6) is 0 Å². The van der Waals surface area contributed by atoms with Crippen LogP contribution in [0.15, 0.2) is 0 Å². The van der Waals surface area contributed by atoms with E-state index in [1.54, 1.807) is 7.11 Å². The summed E-state index contributed by atoms with van der Waals surface area (Å²) in [7, 11) is 14.4. The first kappa shape index (κ1) is 23.2. The third kappa shape index (κ3) is 7.36. The van der Waals surface area contributed by atoms with Crippen LogP contribution < -0.4 is 5.32 Å². The molecule has 3 unspecified atom stereocenters. The molecule has 0 aliphatic carbocycles. The second-order valence-electron chi connectivity index (χ2n) is 6.32. The van der Waals surface area contributed by atoms with Crippen molar-refractivity contribution >= 4 is 39.8 Å². The van der Waals surface area contributed by atoms with Gasteiger partial charge in [0, 0.05) is 32.8 Å². The van der Waals surface area contributed by atoms with Crippen molar-refractivity contribution in [1.29, 1.82) is 0 Å². The van der Waals surface area contributed by atoms with Gasteiger partial charge in [-0.15, -0.1) is 0 Å². The molecule has 2 saturated heterocycles. The molecule has 2 rings (SSSR count). The van der Waals surface area contributed by atoms with Crippen molar-refractivity contribution < 1.29 is 37.7 Å². The normalized spacial score (nSPS) is 35.8. The van der Waals surface area contributed by atoms with Crippen LogP contribution in [0.2, 0.25) is 0 Å². The molecule has 0 spiro atoms. The number of ether oxygens (including phenoxy) is 4. The third-order valence-electron chi connectivity index (χ3n) is 4.22. The van der Waals surface area contributed by atoms with Crippen LogP contribution in [0, 0.1) is 0 Å². The molecule has 0 bridgehead atoms. The number of carbonyl (C=O) groups is 1. The van der Waals surface area contributed by atoms with Crippen LogP contribution in [0.3, 0.4) is 0 Å². The highest BCUT2D eigenvalue weighted by molar-refractivity contribution is 8.55. The van der Waals surface area contributed by atoms with Gasteiger partial charge in [-0.2, -0.15) is 0 Å². The number of methoxy groups -OCH3 is 2. The molecule has 0 aromatic rings. The van der Waals surface area contributed by atoms with Crippen LogP contribution in [0.1, 0.15) is 12.8 Å². The van der Waals surface area contributed by atoms with Crippen molar-refractivity contribution in [1.82, 2.24) is 5.32 Å². The first-order valence-corrected chi connectivity index (χ1v) is 11.7. The Morgan fingerprint density at radius 1 is 1.22 bits per heavy atom. The SMILES string of the molecule is [B][C@H]1CC(OC)[C@@H](CNC(=O)CSP(=O)(O)OC2C[C@H]([B])O[C@@H]2COC)O1. The van der Waals surface area contributed by atoms with Gasteiger partial charge in [-0.05, 0) is 24.2 Å². The number of rotatable bonds is 10. The van der Waals surface area contributed by atoms with Gasteiger partial charge in [-0.3, -0.25) is 9.32 Å². The van der Waals surface area contributed by atoms with Crippen molar-refractivity contribution in [3.63, 3.8) is 0 Å². The quantitative estimate of drug-likeness (QED) is 0.359. The number of nitrogens with one attached hydrogen (secondary N) is 1. The van der Waals surface area contributed by atoms with E-state index in [0.29, 0.717) is 17.8 Å². The van der Waals surface area contributed by atoms with Crippen LogP contribution >= 0.6 is 18.2 Å². The Morgan fingerprint density at radius 2 is 1.85 bits per heavy atom. The lowest BCUT2D eigenvalue weighted by Gasteiger charge is -2.21. The van der Waals surface area contributed by atoms with Crippen LogP contribution in [-0.2, 0) is 32.8 Å². The van der Waals surface area contributed by atoms with E-state index in [1.807, 2.05) is 0 Å². The topological polar surface area (TPSA) is 113 Å². The zero-order valence-corrected chi connectivity index (χ0v) is 17.0. The molecule has 13 heteroatoms. The maximum Gasteiger partial charge on any atom is 0.387 e. The second kappa shape index (κ2) is 10.6. The van der Waals surface area contributed by atoms with Gasteiger partial charge < -0.3 is 29.2 Å². The monoisotopic (exact) mass is 419 g/mol. The summed E-state index contributed by atoms with van der Waals surface area (Å²) < 4.78 is 38.6. The Bertz CT molecular complexity index is 547. The van der Waals surface area contributed by atoms with Crippen LogP contribution in [0.4, 0.5) is 0 Å². The second-order valence-corrected chi connectivity index (χ2v) is 10.2. The summed E-state index contributed by atoms with van der Waals surface area (Å²) in [5.74, 6) is -0.677. The largest absolute Gasteiger partial charge is 0.387 e. The molecule has 2 N–H and O–H groups in total. The van der Waals surface area contributed by atoms with E-state index in [1.165, 1.54) is 7.11 Å². The number of hydrogen-bond acceptors (Lipinski definition) is 8. The smallest absolute Gasteiger partial charge is 0.382 e. The van der Waals surface area contributed by atoms with Crippen molar-refractivity contribution in [3.05, 3.63) is 0 Å². The molecule has 0 saturated carbocycles. The lowest BCUT2D eigenvalue weighted by Crippen LogP contribution is -2.38. The summed E-state index contributed by atoms with van der Waals surface area (Å²) in [6, 6.07) is -1.02. The Kier molecular flexibility index (Phi) is 9.15. The van der Waals surface area contributed by atoms with Gasteiger partial charge in [0.15, 0.2) is 0 Å². The molecule has 4 radical (unpaired) electrons. The predicted molar refractivity (Wildman–Crippen MR) is 101 cm³/mol. The Balaban J connectivity index is 1.74. The summed E-state index contributed by atoms with van der Waals surface area (Å²) in [5, 5.41) is 2.64. The van der Waals surface area contributed by atoms with Gasteiger partial charge in [-0.1, -0.05) is 0 Å². The highest BCUT2D eigenvalue weighted by Crippen LogP contribution is 2.57. The highest BCUT2D eigenvalue weighted by Gasteiger charge is 2.39. The van der Waals surface area contributed by atoms with Crippen LogP contribution in [-0.4, -0.2) is 96.0 Å². The minimum absolute atomic E-state index is 0.188. The van der Waals surface area contributed by atoms with E-state index in [4.69, 9.17) is 39.2 Å². The summed E-state index contributed by atoms with van der Waals surface area (Å²) >= 11 is 0.528. The summed E-state index contributed by atoms with van der Waals surface area (Å²) in [6.45, 7) is -3.69. The fraction of sp³-hybridized carbons (Fsp3) is 0.929. The fourth-order valence-electron chi connectivity index (χ4n) is 2.95. The molecule has 1 amide bonds. The van der Waals surface area contributed by atoms with E-state index in [2.05, 4.69) is 5.32 Å². The van der Waals surface area contributed by atoms with Crippen molar-refractivity contribution in [2.24, 2.45) is 0 Å². The molecular formula is C14H24B2NO8PS. The zero-order valence-electron chi connectivity index (χ0n) is 15.3. The molecule has 0 aromatic heterocycles. The molecule has 150 valence electrons. The molecule has 2 heterocycles. The molecule has 0 aromatic carbocycles. The van der Waals surface area contributed by atoms with Gasteiger partial charge in [0.2, 0.25) is 5.91 Å². The highest BCUT2D eigenvalue weighted by atomic mass is 32.7. The first-order chi connectivity index (χ1) is 12.7. The molecule has 2 fully saturated rings. The van der Waals surface area contributed by atoms with Crippen molar-refractivity contribution in [3.8, 4) is 0 Å². The van der Waals surface area contributed by atoms with Gasteiger partial charge in [-0.25, -0.2) is 4.57 Å². The van der Waals surface area contributed by atoms with Crippen molar-refractivity contribution in [2.75, 3.05) is 33.1 Å². The third-order valence-corrected chi connectivity index (χ3v) is 7.10. The molecular weight excluding hydrogens is 395 g/mol. The van der Waals surface area contributed by atoms with E-state index in [0.717, 1.165) is 0 Å². The lowest BCUT2D eigenvalue weighted by molar-refractivity contribution is -0.119. The average molecular weight is 419 g/mol. The van der Waals surface area contributed by atoms with Gasteiger partial charge in [0.05, 0.1) is 24.6 Å². The number of carbonyl (C=O) groups excluding carboxylic acids is 1. The van der Waals surface area contributed by atoms with Gasteiger partial charge in [0.1, 0.15) is 27.9 Å². The Hall–Kier alpha value is -0.0601. The zero-order chi connectivity index (χ0) is 20.0. The minimum Gasteiger partial charge on any atom is -0.382 e. The standard InChI is InChI=1S/C14H24B2NO8PS/c1-21-6-11-9(4-13(16)24-11)25-26(19,20)27-7-14(18)17-5-10-8(22-2)3-12(15)23-10/h8-13H,3-7H2,1-2H3,(H,17,18)(H,19,20)/t8?,9?,10-,11-,12-,13-/m1/s1. The summed E-state index contributed by atoms with van der Waals surface area (Å²) in [5.41, 5.74) is 0. The molecule has 2 aliphatic rings. The van der Waals surface area contributed by atoms with E-state index in [-0.39, 0.29) is 37.5 Å². The molecule has 9 nitrogen and oxygen atoms in total. The maximum absolute atomic E-state index is 12.3. The van der Waals surface area contributed by atoms with Crippen LogP contribution in [0.25, 0.3) is 0 Å². The summed E-state index contributed by atoms with van der Waals surface area (Å²) in [4.78, 5) is 22.0. The number of hydrogen-bond donors (Lipinski definition) is 2. The molecule has 7 atom stereocenters. The molecule has 27 heavy (non-hydrogen) atoms. The number of amides is 1. The maximum atomic E-state index is 12.3. The van der Waals surface area contributed by atoms with Gasteiger partial charge in [0.25, 0.3) is 0 Å². The predicted octanol–water partition coefficient (Wildman–Crippen LogP) is -0.450. The summed E-state index contributed by atoms with van der Waals surface area (Å²) in [6.07, 6.45) is -0.965. The fourth-order valence-corrected chi connectivity index (χ4v) is 5.32. The lowest BCUT2D eigenvalue weighted by atomic mass is 9.96. The Morgan fingerprint density at radius 3 is 2.48 bits per heavy atom. The van der Waals surface area contributed by atoms with Gasteiger partial charge >= 0.3 is 6.80 Å². The van der Waals surface area contributed by atoms with Crippen molar-refractivity contribution in [2.45, 2.75) is 49.3 Å². The van der Waals surface area contributed by atoms with E-state index < -0.39 is 36.9 Å². The molecule has 2 aliphatic heterocycles. The first-order valence-electron chi connectivity index (χ1n) is 8.50.